The average molecular weight is 681 g/mol. The van der Waals surface area contributed by atoms with Crippen molar-refractivity contribution in [3.05, 3.63) is 0 Å². The van der Waals surface area contributed by atoms with Crippen molar-refractivity contribution >= 4 is 11.9 Å². The van der Waals surface area contributed by atoms with Gasteiger partial charge in [-0.25, -0.2) is 0 Å². The average Bonchev–Trinajstić information content (AvgIpc) is 3.07. The van der Waals surface area contributed by atoms with Crippen LogP contribution in [0.25, 0.3) is 0 Å². The first-order valence-corrected chi connectivity index (χ1v) is 21.5. The second-order valence-corrected chi connectivity index (χ2v) is 15.3. The van der Waals surface area contributed by atoms with Crippen molar-refractivity contribution in [3.63, 3.8) is 0 Å². The molecule has 0 aromatic carbocycles. The summed E-state index contributed by atoms with van der Waals surface area (Å²) in [6.07, 6.45) is 41.7. The molecule has 0 radical (unpaired) electrons. The first-order valence-electron chi connectivity index (χ1n) is 21.5. The largest absolute Gasteiger partial charge is 0.462 e. The van der Waals surface area contributed by atoms with Gasteiger partial charge in [0.25, 0.3) is 0 Å². The van der Waals surface area contributed by atoms with Gasteiger partial charge in [0.15, 0.2) is 6.10 Å². The lowest BCUT2D eigenvalue weighted by Gasteiger charge is -2.15. The van der Waals surface area contributed by atoms with Crippen LogP contribution >= 0.6 is 0 Å². The topological polar surface area (TPSA) is 72.8 Å². The highest BCUT2D eigenvalue weighted by Crippen LogP contribution is 2.16. The van der Waals surface area contributed by atoms with E-state index in [1.807, 2.05) is 0 Å². The smallest absolute Gasteiger partial charge is 0.306 e. The van der Waals surface area contributed by atoms with Crippen LogP contribution in [0.5, 0.6) is 0 Å². The molecule has 0 aromatic rings. The Morgan fingerprint density at radius 1 is 0.458 bits per heavy atom. The zero-order valence-corrected chi connectivity index (χ0v) is 32.7. The molecular formula is C43H84O5. The van der Waals surface area contributed by atoms with Gasteiger partial charge in [-0.2, -0.15) is 0 Å². The number of esters is 2. The second kappa shape index (κ2) is 38.7. The molecule has 0 spiro atoms. The Hall–Kier alpha value is -1.10. The van der Waals surface area contributed by atoms with Gasteiger partial charge in [-0.3, -0.25) is 9.59 Å². The van der Waals surface area contributed by atoms with E-state index in [0.717, 1.165) is 38.0 Å². The molecule has 0 saturated carbocycles. The number of aliphatic hydroxyl groups is 1. The maximum atomic E-state index is 12.2. The number of unbranched alkanes of at least 4 members (excludes halogenated alkanes) is 29. The lowest BCUT2D eigenvalue weighted by molar-refractivity contribution is -0.161. The highest BCUT2D eigenvalue weighted by atomic mass is 16.6. The predicted molar refractivity (Wildman–Crippen MR) is 205 cm³/mol. The summed E-state index contributed by atoms with van der Waals surface area (Å²) in [5, 5.41) is 9.57. The van der Waals surface area contributed by atoms with Crippen LogP contribution in [0.3, 0.4) is 0 Å². The third kappa shape index (κ3) is 37.7. The third-order valence-corrected chi connectivity index (χ3v) is 9.83. The fourth-order valence-electron chi connectivity index (χ4n) is 6.56. The molecule has 0 aliphatic rings. The molecule has 0 unspecified atom stereocenters. The Kier molecular flexibility index (Phi) is 37.8. The molecule has 0 amide bonds. The lowest BCUT2D eigenvalue weighted by Crippen LogP contribution is -2.28. The van der Waals surface area contributed by atoms with Crippen molar-refractivity contribution in [3.8, 4) is 0 Å². The molecule has 0 rings (SSSR count). The Bertz CT molecular complexity index is 664. The van der Waals surface area contributed by atoms with Gasteiger partial charge in [0.2, 0.25) is 0 Å². The molecule has 1 atom stereocenters. The fourth-order valence-corrected chi connectivity index (χ4v) is 6.56. The molecule has 286 valence electrons. The number of hydrogen-bond donors (Lipinski definition) is 1. The first-order chi connectivity index (χ1) is 23.5. The molecule has 5 heteroatoms. The van der Waals surface area contributed by atoms with Gasteiger partial charge in [-0.1, -0.05) is 213 Å². The second-order valence-electron chi connectivity index (χ2n) is 15.3. The fraction of sp³-hybridized carbons (Fsp3) is 0.953. The summed E-state index contributed by atoms with van der Waals surface area (Å²) in [6, 6.07) is 0. The summed E-state index contributed by atoms with van der Waals surface area (Å²) in [7, 11) is 0. The summed E-state index contributed by atoms with van der Waals surface area (Å²) >= 11 is 0. The summed E-state index contributed by atoms with van der Waals surface area (Å²) < 4.78 is 10.6. The minimum Gasteiger partial charge on any atom is -0.462 e. The molecule has 0 saturated heterocycles. The Morgan fingerprint density at radius 3 is 1.10 bits per heavy atom. The van der Waals surface area contributed by atoms with E-state index in [-0.39, 0.29) is 25.2 Å². The van der Waals surface area contributed by atoms with E-state index in [4.69, 9.17) is 9.47 Å². The summed E-state index contributed by atoms with van der Waals surface area (Å²) in [5.41, 5.74) is 0. The number of rotatable bonds is 39. The van der Waals surface area contributed by atoms with Crippen molar-refractivity contribution in [2.75, 3.05) is 13.2 Å². The van der Waals surface area contributed by atoms with Gasteiger partial charge in [-0.05, 0) is 18.8 Å². The summed E-state index contributed by atoms with van der Waals surface area (Å²) in [5.74, 6) is 0.285. The number of ether oxygens (including phenoxy) is 2. The van der Waals surface area contributed by atoms with Crippen molar-refractivity contribution in [2.45, 2.75) is 245 Å². The van der Waals surface area contributed by atoms with E-state index in [0.29, 0.717) is 12.8 Å². The van der Waals surface area contributed by atoms with E-state index in [1.165, 1.54) is 173 Å². The van der Waals surface area contributed by atoms with E-state index >= 15 is 0 Å². The van der Waals surface area contributed by atoms with E-state index in [1.54, 1.807) is 0 Å². The molecule has 0 bridgehead atoms. The Morgan fingerprint density at radius 2 is 0.771 bits per heavy atom. The molecule has 48 heavy (non-hydrogen) atoms. The van der Waals surface area contributed by atoms with Gasteiger partial charge in [-0.15, -0.1) is 0 Å². The maximum Gasteiger partial charge on any atom is 0.306 e. The number of hydrogen-bond acceptors (Lipinski definition) is 5. The number of carbonyl (C=O) groups excluding carboxylic acids is 2. The standard InChI is InChI=1S/C43H84O5/c1-4-5-6-7-8-9-10-11-14-18-21-24-27-30-33-36-42(45)47-39-41(38-44)48-43(46)37-34-31-28-25-22-19-16-13-12-15-17-20-23-26-29-32-35-40(2)3/h40-41,44H,4-39H2,1-3H3/t41-/m0/s1. The van der Waals surface area contributed by atoms with Crippen LogP contribution < -0.4 is 0 Å². The van der Waals surface area contributed by atoms with Crippen LogP contribution in [0.2, 0.25) is 0 Å². The quantitative estimate of drug-likeness (QED) is 0.0517. The molecule has 0 aliphatic carbocycles. The number of carbonyl (C=O) groups is 2. The molecule has 5 nitrogen and oxygen atoms in total. The van der Waals surface area contributed by atoms with Crippen LogP contribution in [0.15, 0.2) is 0 Å². The maximum absolute atomic E-state index is 12.2. The van der Waals surface area contributed by atoms with Crippen LogP contribution in [0.1, 0.15) is 239 Å². The van der Waals surface area contributed by atoms with E-state index in [2.05, 4.69) is 20.8 Å². The van der Waals surface area contributed by atoms with Crippen molar-refractivity contribution in [1.82, 2.24) is 0 Å². The monoisotopic (exact) mass is 681 g/mol. The third-order valence-electron chi connectivity index (χ3n) is 9.83. The summed E-state index contributed by atoms with van der Waals surface area (Å²) in [6.45, 7) is 6.54. The zero-order chi connectivity index (χ0) is 35.2. The van der Waals surface area contributed by atoms with Gasteiger partial charge < -0.3 is 14.6 Å². The first kappa shape index (κ1) is 46.9. The minimum absolute atomic E-state index is 0.0572. The van der Waals surface area contributed by atoms with Gasteiger partial charge in [0, 0.05) is 12.8 Å². The van der Waals surface area contributed by atoms with Crippen LogP contribution in [0, 0.1) is 5.92 Å². The molecule has 0 aromatic heterocycles. The minimum atomic E-state index is -0.762. The van der Waals surface area contributed by atoms with Crippen molar-refractivity contribution in [2.24, 2.45) is 5.92 Å². The molecule has 1 N–H and O–H groups in total. The Balaban J connectivity index is 3.47. The SMILES string of the molecule is CCCCCCCCCCCCCCCCCC(=O)OC[C@H](CO)OC(=O)CCCCCCCCCCCCCCCCCCC(C)C. The molecule has 0 fully saturated rings. The van der Waals surface area contributed by atoms with E-state index < -0.39 is 6.10 Å². The molecule has 0 aliphatic heterocycles. The summed E-state index contributed by atoms with van der Waals surface area (Å²) in [4.78, 5) is 24.3. The van der Waals surface area contributed by atoms with Crippen LogP contribution in [-0.4, -0.2) is 36.4 Å². The highest BCUT2D eigenvalue weighted by molar-refractivity contribution is 5.70. The van der Waals surface area contributed by atoms with Gasteiger partial charge in [0.1, 0.15) is 6.61 Å². The Labute approximate surface area is 299 Å². The molecular weight excluding hydrogens is 596 g/mol. The molecule has 0 heterocycles. The normalized spacial score (nSPS) is 12.1. The van der Waals surface area contributed by atoms with Gasteiger partial charge in [0.05, 0.1) is 6.61 Å². The lowest BCUT2D eigenvalue weighted by atomic mass is 10.0. The number of aliphatic hydroxyl groups excluding tert-OH is 1. The van der Waals surface area contributed by atoms with Crippen LogP contribution in [-0.2, 0) is 19.1 Å². The van der Waals surface area contributed by atoms with Gasteiger partial charge >= 0.3 is 11.9 Å². The van der Waals surface area contributed by atoms with Crippen molar-refractivity contribution < 1.29 is 24.2 Å². The highest BCUT2D eigenvalue weighted by Gasteiger charge is 2.16. The zero-order valence-electron chi connectivity index (χ0n) is 32.7. The van der Waals surface area contributed by atoms with Crippen LogP contribution in [0.4, 0.5) is 0 Å². The van der Waals surface area contributed by atoms with Crippen molar-refractivity contribution in [1.29, 1.82) is 0 Å². The van der Waals surface area contributed by atoms with E-state index in [9.17, 15) is 14.7 Å². The predicted octanol–water partition coefficient (Wildman–Crippen LogP) is 13.4.